The lowest BCUT2D eigenvalue weighted by Crippen LogP contribution is -2.45. The number of carbonyl (C=O) groups excluding carboxylic acids is 1. The van der Waals surface area contributed by atoms with Crippen molar-refractivity contribution < 1.29 is 19.2 Å². The fraction of sp³-hybridized carbons (Fsp3) is 0.524. The quantitative estimate of drug-likeness (QED) is 0.819. The lowest BCUT2D eigenvalue weighted by molar-refractivity contribution is -0.146. The van der Waals surface area contributed by atoms with Gasteiger partial charge in [-0.15, -0.1) is 0 Å². The molecule has 1 amide bonds. The molecule has 1 fully saturated rings. The number of amides is 1. The predicted molar refractivity (Wildman–Crippen MR) is 104 cm³/mol. The first-order valence-electron chi connectivity index (χ1n) is 9.77. The minimum atomic E-state index is -0.839. The lowest BCUT2D eigenvalue weighted by atomic mass is 9.90. The van der Waals surface area contributed by atoms with Crippen LogP contribution in [-0.4, -0.2) is 45.1 Å². The molecule has 28 heavy (non-hydrogen) atoms. The first kappa shape index (κ1) is 20.0. The normalized spacial score (nSPS) is 19.8. The Bertz CT molecular complexity index is 828. The number of aromatic nitrogens is 2. The van der Waals surface area contributed by atoms with E-state index in [0.29, 0.717) is 37.0 Å². The number of carbonyl (C=O) groups is 2. The van der Waals surface area contributed by atoms with E-state index in [9.17, 15) is 14.7 Å². The van der Waals surface area contributed by atoms with Crippen LogP contribution in [-0.2, 0) is 16.0 Å². The van der Waals surface area contributed by atoms with Crippen molar-refractivity contribution in [2.24, 2.45) is 11.8 Å². The molecule has 1 saturated heterocycles. The summed E-state index contributed by atoms with van der Waals surface area (Å²) in [5, 5.41) is 13.3. The van der Waals surface area contributed by atoms with E-state index in [1.54, 1.807) is 4.90 Å². The first-order valence-corrected chi connectivity index (χ1v) is 9.77. The van der Waals surface area contributed by atoms with Gasteiger partial charge in [0.05, 0.1) is 5.92 Å². The van der Waals surface area contributed by atoms with Gasteiger partial charge in [-0.25, -0.2) is 0 Å². The Morgan fingerprint density at radius 2 is 1.96 bits per heavy atom. The monoisotopic (exact) mass is 385 g/mol. The highest BCUT2D eigenvalue weighted by molar-refractivity contribution is 5.78. The number of piperidine rings is 1. The summed E-state index contributed by atoms with van der Waals surface area (Å²) in [6.07, 6.45) is 1.19. The second-order valence-electron chi connectivity index (χ2n) is 7.96. The third-order valence-corrected chi connectivity index (χ3v) is 5.22. The van der Waals surface area contributed by atoms with E-state index in [0.717, 1.165) is 5.56 Å². The Balaban J connectivity index is 1.58. The van der Waals surface area contributed by atoms with Crippen LogP contribution in [0.25, 0.3) is 11.4 Å². The smallest absolute Gasteiger partial charge is 0.308 e. The number of carboxylic acids is 1. The van der Waals surface area contributed by atoms with Gasteiger partial charge in [-0.1, -0.05) is 50.2 Å². The number of hydrogen-bond donors (Lipinski definition) is 1. The zero-order valence-corrected chi connectivity index (χ0v) is 16.6. The van der Waals surface area contributed by atoms with Crippen LogP contribution in [0.1, 0.15) is 51.0 Å². The molecule has 1 aliphatic heterocycles. The zero-order valence-electron chi connectivity index (χ0n) is 16.6. The Hall–Kier alpha value is -2.70. The number of aliphatic carboxylic acids is 1. The van der Waals surface area contributed by atoms with Gasteiger partial charge in [0.2, 0.25) is 17.6 Å². The first-order chi connectivity index (χ1) is 13.3. The summed E-state index contributed by atoms with van der Waals surface area (Å²) < 4.78 is 5.29. The van der Waals surface area contributed by atoms with Crippen molar-refractivity contribution in [1.29, 1.82) is 0 Å². The van der Waals surface area contributed by atoms with Gasteiger partial charge in [-0.05, 0) is 23.8 Å². The lowest BCUT2D eigenvalue weighted by Gasteiger charge is -2.34. The highest BCUT2D eigenvalue weighted by Crippen LogP contribution is 2.23. The maximum Gasteiger partial charge on any atom is 0.308 e. The van der Waals surface area contributed by atoms with E-state index in [1.807, 2.05) is 19.1 Å². The number of rotatable bonds is 6. The SMILES string of the molecule is CC1CC(C(=O)O)CN(C(=O)CCc2nc(-c3ccc(C(C)C)cc3)no2)C1. The number of benzene rings is 1. The molecular formula is C21H27N3O4. The van der Waals surface area contributed by atoms with Crippen molar-refractivity contribution in [3.05, 3.63) is 35.7 Å². The molecule has 2 unspecified atom stereocenters. The molecule has 1 aromatic heterocycles. The molecule has 1 aromatic carbocycles. The molecule has 2 heterocycles. The molecule has 0 radical (unpaired) electrons. The molecule has 3 rings (SSSR count). The number of nitrogens with zero attached hydrogens (tertiary/aromatic N) is 3. The Labute approximate surface area is 164 Å². The number of hydrogen-bond acceptors (Lipinski definition) is 5. The predicted octanol–water partition coefficient (Wildman–Crippen LogP) is 3.36. The molecule has 0 bridgehead atoms. The van der Waals surface area contributed by atoms with Crippen molar-refractivity contribution in [2.75, 3.05) is 13.1 Å². The third kappa shape index (κ3) is 4.77. The van der Waals surface area contributed by atoms with Gasteiger partial charge in [-0.3, -0.25) is 9.59 Å². The highest BCUT2D eigenvalue weighted by atomic mass is 16.5. The minimum Gasteiger partial charge on any atom is -0.481 e. The van der Waals surface area contributed by atoms with Crippen LogP contribution >= 0.6 is 0 Å². The summed E-state index contributed by atoms with van der Waals surface area (Å²) in [7, 11) is 0. The van der Waals surface area contributed by atoms with Crippen LogP contribution < -0.4 is 0 Å². The summed E-state index contributed by atoms with van der Waals surface area (Å²) >= 11 is 0. The molecule has 1 N–H and O–H groups in total. The molecule has 0 saturated carbocycles. The Kier molecular flexibility index (Phi) is 6.11. The average molecular weight is 385 g/mol. The topological polar surface area (TPSA) is 96.5 Å². The average Bonchev–Trinajstić information content (AvgIpc) is 3.14. The van der Waals surface area contributed by atoms with E-state index in [1.165, 1.54) is 5.56 Å². The molecule has 1 aliphatic rings. The van der Waals surface area contributed by atoms with Crippen molar-refractivity contribution in [2.45, 2.75) is 46.0 Å². The standard InChI is InChI=1S/C21H27N3O4/c1-13(2)15-4-6-16(7-5-15)20-22-18(28-23-20)8-9-19(25)24-11-14(3)10-17(12-24)21(26)27/h4-7,13-14,17H,8-12H2,1-3H3,(H,26,27). The van der Waals surface area contributed by atoms with E-state index < -0.39 is 11.9 Å². The molecule has 7 nitrogen and oxygen atoms in total. The highest BCUT2D eigenvalue weighted by Gasteiger charge is 2.31. The fourth-order valence-electron chi connectivity index (χ4n) is 3.60. The van der Waals surface area contributed by atoms with E-state index in [-0.39, 0.29) is 24.8 Å². The van der Waals surface area contributed by atoms with Gasteiger partial charge < -0.3 is 14.5 Å². The summed E-state index contributed by atoms with van der Waals surface area (Å²) in [6, 6.07) is 8.04. The summed E-state index contributed by atoms with van der Waals surface area (Å²) in [5.41, 5.74) is 2.12. The Morgan fingerprint density at radius 3 is 2.61 bits per heavy atom. The molecular weight excluding hydrogens is 358 g/mol. The van der Waals surface area contributed by atoms with Crippen LogP contribution in [0.5, 0.6) is 0 Å². The molecule has 0 spiro atoms. The molecule has 2 atom stereocenters. The van der Waals surface area contributed by atoms with Crippen LogP contribution in [0.3, 0.4) is 0 Å². The van der Waals surface area contributed by atoms with Crippen LogP contribution in [0.4, 0.5) is 0 Å². The summed E-state index contributed by atoms with van der Waals surface area (Å²) in [5.74, 6) is 0.165. The van der Waals surface area contributed by atoms with Gasteiger partial charge in [0.1, 0.15) is 0 Å². The molecule has 2 aromatic rings. The van der Waals surface area contributed by atoms with Crippen molar-refractivity contribution in [3.63, 3.8) is 0 Å². The van der Waals surface area contributed by atoms with Gasteiger partial charge in [0.15, 0.2) is 0 Å². The second-order valence-corrected chi connectivity index (χ2v) is 7.96. The van der Waals surface area contributed by atoms with E-state index in [4.69, 9.17) is 4.52 Å². The molecule has 150 valence electrons. The van der Waals surface area contributed by atoms with E-state index in [2.05, 4.69) is 36.1 Å². The van der Waals surface area contributed by atoms with Crippen molar-refractivity contribution in [3.8, 4) is 11.4 Å². The van der Waals surface area contributed by atoms with Gasteiger partial charge in [0.25, 0.3) is 0 Å². The molecule has 0 aliphatic carbocycles. The minimum absolute atomic E-state index is 0.0705. The van der Waals surface area contributed by atoms with Crippen molar-refractivity contribution in [1.82, 2.24) is 15.0 Å². The Morgan fingerprint density at radius 1 is 1.25 bits per heavy atom. The van der Waals surface area contributed by atoms with Gasteiger partial charge in [-0.2, -0.15) is 4.98 Å². The van der Waals surface area contributed by atoms with Crippen LogP contribution in [0, 0.1) is 11.8 Å². The maximum absolute atomic E-state index is 12.5. The summed E-state index contributed by atoms with van der Waals surface area (Å²) in [4.78, 5) is 29.8. The number of aryl methyl sites for hydroxylation is 1. The number of carboxylic acid groups (broad SMARTS) is 1. The largest absolute Gasteiger partial charge is 0.481 e. The fourth-order valence-corrected chi connectivity index (χ4v) is 3.60. The molecule has 7 heteroatoms. The van der Waals surface area contributed by atoms with Crippen molar-refractivity contribution >= 4 is 11.9 Å². The third-order valence-electron chi connectivity index (χ3n) is 5.22. The van der Waals surface area contributed by atoms with Crippen LogP contribution in [0.15, 0.2) is 28.8 Å². The zero-order chi connectivity index (χ0) is 20.3. The maximum atomic E-state index is 12.5. The van der Waals surface area contributed by atoms with E-state index >= 15 is 0 Å². The number of likely N-dealkylation sites (tertiary alicyclic amines) is 1. The van der Waals surface area contributed by atoms with Gasteiger partial charge in [0, 0.05) is 31.5 Å². The second kappa shape index (κ2) is 8.54. The summed E-state index contributed by atoms with van der Waals surface area (Å²) in [6.45, 7) is 7.13. The van der Waals surface area contributed by atoms with Crippen LogP contribution in [0.2, 0.25) is 0 Å². The van der Waals surface area contributed by atoms with Gasteiger partial charge >= 0.3 is 5.97 Å².